The summed E-state index contributed by atoms with van der Waals surface area (Å²) in [5, 5.41) is 2.75. The van der Waals surface area contributed by atoms with Crippen molar-refractivity contribution < 1.29 is 19.1 Å². The van der Waals surface area contributed by atoms with Crippen LogP contribution in [0.15, 0.2) is 48.5 Å². The molecule has 2 aromatic rings. The Morgan fingerprint density at radius 2 is 1.54 bits per heavy atom. The molecule has 2 rings (SSSR count). The number of hydrogen-bond donors (Lipinski definition) is 3. The van der Waals surface area contributed by atoms with E-state index in [0.29, 0.717) is 35.6 Å². The zero-order valence-corrected chi connectivity index (χ0v) is 16.1. The van der Waals surface area contributed by atoms with Gasteiger partial charge in [-0.05, 0) is 49.2 Å². The van der Waals surface area contributed by atoms with E-state index in [-0.39, 0.29) is 5.91 Å². The second-order valence-corrected chi connectivity index (χ2v) is 6.13. The van der Waals surface area contributed by atoms with Gasteiger partial charge in [-0.15, -0.1) is 0 Å². The maximum absolute atomic E-state index is 12.3. The minimum atomic E-state index is -0.469. The van der Waals surface area contributed by atoms with Gasteiger partial charge in [0.2, 0.25) is 5.91 Å². The van der Waals surface area contributed by atoms with Gasteiger partial charge < -0.3 is 10.1 Å². The summed E-state index contributed by atoms with van der Waals surface area (Å²) in [5.41, 5.74) is 6.07. The maximum Gasteiger partial charge on any atom is 0.273 e. The number of carbonyl (C=O) groups excluding carboxylic acids is 3. The van der Waals surface area contributed by atoms with Gasteiger partial charge in [0, 0.05) is 17.7 Å². The molecule has 2 aromatic carbocycles. The average molecular weight is 383 g/mol. The number of hydrazine groups is 1. The molecule has 148 valence electrons. The van der Waals surface area contributed by atoms with Crippen LogP contribution >= 0.6 is 0 Å². The van der Waals surface area contributed by atoms with Crippen molar-refractivity contribution in [2.75, 3.05) is 11.9 Å². The van der Waals surface area contributed by atoms with E-state index < -0.39 is 11.8 Å². The predicted octanol–water partition coefficient (Wildman–Crippen LogP) is 3.29. The van der Waals surface area contributed by atoms with E-state index in [9.17, 15) is 14.4 Å². The number of nitrogens with one attached hydrogen (secondary N) is 3. The summed E-state index contributed by atoms with van der Waals surface area (Å²) in [6.45, 7) is 4.40. The van der Waals surface area contributed by atoms with Gasteiger partial charge in [0.1, 0.15) is 5.75 Å². The molecule has 0 radical (unpaired) electrons. The van der Waals surface area contributed by atoms with E-state index in [1.54, 1.807) is 48.5 Å². The molecule has 0 aliphatic heterocycles. The molecule has 3 amide bonds. The van der Waals surface area contributed by atoms with Crippen molar-refractivity contribution in [3.63, 3.8) is 0 Å². The van der Waals surface area contributed by atoms with E-state index in [1.807, 2.05) is 13.8 Å². The van der Waals surface area contributed by atoms with Crippen LogP contribution in [0.1, 0.15) is 53.8 Å². The predicted molar refractivity (Wildman–Crippen MR) is 107 cm³/mol. The van der Waals surface area contributed by atoms with E-state index >= 15 is 0 Å². The molecule has 3 N–H and O–H groups in total. The molecule has 0 bridgehead atoms. The lowest BCUT2D eigenvalue weighted by atomic mass is 10.2. The third-order valence-corrected chi connectivity index (χ3v) is 3.79. The highest BCUT2D eigenvalue weighted by Gasteiger charge is 2.13. The lowest BCUT2D eigenvalue weighted by molar-refractivity contribution is -0.116. The van der Waals surface area contributed by atoms with Gasteiger partial charge in [-0.25, -0.2) is 0 Å². The highest BCUT2D eigenvalue weighted by atomic mass is 16.5. The standard InChI is InChI=1S/C21H25N3O4/c1-3-7-19(25)22-16-12-10-15(11-13-16)20(26)23-24-21(27)17-8-5-6-9-18(17)28-14-4-2/h5-6,8-13H,3-4,7,14H2,1-2H3,(H,22,25)(H,23,26)(H,24,27). The van der Waals surface area contributed by atoms with Crippen LogP contribution in [0.5, 0.6) is 5.75 Å². The molecule has 7 heteroatoms. The first kappa shape index (κ1) is 21.0. The second-order valence-electron chi connectivity index (χ2n) is 6.13. The Labute approximate surface area is 164 Å². The van der Waals surface area contributed by atoms with Crippen LogP contribution in [0.3, 0.4) is 0 Å². The van der Waals surface area contributed by atoms with Crippen LogP contribution in [0.4, 0.5) is 5.69 Å². The summed E-state index contributed by atoms with van der Waals surface area (Å²) in [6.07, 6.45) is 2.03. The van der Waals surface area contributed by atoms with Crippen LogP contribution in [0, 0.1) is 0 Å². The van der Waals surface area contributed by atoms with Crippen molar-refractivity contribution in [2.45, 2.75) is 33.1 Å². The fraction of sp³-hybridized carbons (Fsp3) is 0.286. The van der Waals surface area contributed by atoms with Gasteiger partial charge in [0.25, 0.3) is 11.8 Å². The first-order valence-corrected chi connectivity index (χ1v) is 9.27. The molecule has 28 heavy (non-hydrogen) atoms. The minimum Gasteiger partial charge on any atom is -0.493 e. The zero-order valence-electron chi connectivity index (χ0n) is 16.1. The Kier molecular flexibility index (Phi) is 8.02. The largest absolute Gasteiger partial charge is 0.493 e. The lowest BCUT2D eigenvalue weighted by Crippen LogP contribution is -2.41. The van der Waals surface area contributed by atoms with E-state index in [0.717, 1.165) is 12.8 Å². The molecule has 0 atom stereocenters. The Morgan fingerprint density at radius 3 is 2.21 bits per heavy atom. The summed E-state index contributed by atoms with van der Waals surface area (Å²) in [4.78, 5) is 36.2. The van der Waals surface area contributed by atoms with Crippen LogP contribution < -0.4 is 20.9 Å². The molecule has 0 saturated heterocycles. The quantitative estimate of drug-likeness (QED) is 0.610. The van der Waals surface area contributed by atoms with E-state index in [1.165, 1.54) is 0 Å². The minimum absolute atomic E-state index is 0.0732. The number of carbonyl (C=O) groups is 3. The molecular weight excluding hydrogens is 358 g/mol. The van der Waals surface area contributed by atoms with Gasteiger partial charge in [0.15, 0.2) is 0 Å². The number of ether oxygens (including phenoxy) is 1. The Bertz CT molecular complexity index is 819. The number of rotatable bonds is 8. The normalized spacial score (nSPS) is 10.1. The molecule has 0 unspecified atom stereocenters. The topological polar surface area (TPSA) is 96.5 Å². The lowest BCUT2D eigenvalue weighted by Gasteiger charge is -2.12. The third-order valence-electron chi connectivity index (χ3n) is 3.79. The van der Waals surface area contributed by atoms with Crippen LogP contribution in [0.25, 0.3) is 0 Å². The Balaban J connectivity index is 1.93. The molecule has 0 aromatic heterocycles. The van der Waals surface area contributed by atoms with Gasteiger partial charge >= 0.3 is 0 Å². The summed E-state index contributed by atoms with van der Waals surface area (Å²) in [6, 6.07) is 13.2. The zero-order chi connectivity index (χ0) is 20.4. The highest BCUT2D eigenvalue weighted by molar-refractivity contribution is 6.00. The van der Waals surface area contributed by atoms with Crippen molar-refractivity contribution in [1.29, 1.82) is 0 Å². The van der Waals surface area contributed by atoms with Gasteiger partial charge in [-0.3, -0.25) is 25.2 Å². The maximum atomic E-state index is 12.3. The number of amides is 3. The number of benzene rings is 2. The first-order chi connectivity index (χ1) is 13.5. The second kappa shape index (κ2) is 10.7. The van der Waals surface area contributed by atoms with Crippen LogP contribution in [-0.2, 0) is 4.79 Å². The van der Waals surface area contributed by atoms with Gasteiger partial charge in [-0.2, -0.15) is 0 Å². The SMILES string of the molecule is CCCOc1ccccc1C(=O)NNC(=O)c1ccc(NC(=O)CCC)cc1. The summed E-state index contributed by atoms with van der Waals surface area (Å²) >= 11 is 0. The summed E-state index contributed by atoms with van der Waals surface area (Å²) in [5.74, 6) is -0.547. The fourth-order valence-electron chi connectivity index (χ4n) is 2.40. The van der Waals surface area contributed by atoms with Crippen molar-refractivity contribution in [1.82, 2.24) is 10.9 Å². The van der Waals surface area contributed by atoms with E-state index in [2.05, 4.69) is 16.2 Å². The molecule has 0 aliphatic rings. The summed E-state index contributed by atoms with van der Waals surface area (Å²) < 4.78 is 5.55. The van der Waals surface area contributed by atoms with Crippen LogP contribution in [0.2, 0.25) is 0 Å². The van der Waals surface area contributed by atoms with Crippen molar-refractivity contribution in [3.05, 3.63) is 59.7 Å². The Hall–Kier alpha value is -3.35. The number of hydrogen-bond acceptors (Lipinski definition) is 4. The molecule has 0 fully saturated rings. The number of para-hydroxylation sites is 1. The van der Waals surface area contributed by atoms with E-state index in [4.69, 9.17) is 4.74 Å². The van der Waals surface area contributed by atoms with Crippen LogP contribution in [-0.4, -0.2) is 24.3 Å². The van der Waals surface area contributed by atoms with Crippen molar-refractivity contribution in [3.8, 4) is 5.75 Å². The van der Waals surface area contributed by atoms with Crippen molar-refractivity contribution in [2.24, 2.45) is 0 Å². The molecular formula is C21H25N3O4. The van der Waals surface area contributed by atoms with Gasteiger partial charge in [0.05, 0.1) is 12.2 Å². The molecule has 0 aliphatic carbocycles. The smallest absolute Gasteiger partial charge is 0.273 e. The monoisotopic (exact) mass is 383 g/mol. The van der Waals surface area contributed by atoms with Gasteiger partial charge in [-0.1, -0.05) is 26.0 Å². The average Bonchev–Trinajstić information content (AvgIpc) is 2.71. The number of anilines is 1. The highest BCUT2D eigenvalue weighted by Crippen LogP contribution is 2.18. The van der Waals surface area contributed by atoms with Crippen molar-refractivity contribution >= 4 is 23.4 Å². The molecule has 0 saturated carbocycles. The Morgan fingerprint density at radius 1 is 0.857 bits per heavy atom. The molecule has 0 spiro atoms. The summed E-state index contributed by atoms with van der Waals surface area (Å²) in [7, 11) is 0. The first-order valence-electron chi connectivity index (χ1n) is 9.27. The fourth-order valence-corrected chi connectivity index (χ4v) is 2.40. The molecule has 7 nitrogen and oxygen atoms in total. The third kappa shape index (κ3) is 6.12. The molecule has 0 heterocycles.